The molecule has 0 aromatic heterocycles. The minimum Gasteiger partial charge on any atom is -0.481 e. The van der Waals surface area contributed by atoms with Crippen LogP contribution >= 0.6 is 0 Å². The fourth-order valence-corrected chi connectivity index (χ4v) is 3.47. The Morgan fingerprint density at radius 3 is 1.36 bits per heavy atom. The van der Waals surface area contributed by atoms with Crippen molar-refractivity contribution >= 4 is 11.9 Å². The SMILES string of the molecule is O=C(O)CCCC(CCCC(=O)O)(c1ccccc1)c1ccccc1. The zero-order valence-electron chi connectivity index (χ0n) is 14.2. The van der Waals surface area contributed by atoms with E-state index < -0.39 is 11.9 Å². The molecule has 0 saturated heterocycles. The maximum Gasteiger partial charge on any atom is 0.303 e. The van der Waals surface area contributed by atoms with E-state index >= 15 is 0 Å². The van der Waals surface area contributed by atoms with Crippen LogP contribution in [0, 0.1) is 0 Å². The molecule has 132 valence electrons. The van der Waals surface area contributed by atoms with E-state index in [1.54, 1.807) is 0 Å². The van der Waals surface area contributed by atoms with Crippen molar-refractivity contribution in [1.29, 1.82) is 0 Å². The van der Waals surface area contributed by atoms with Crippen molar-refractivity contribution in [1.82, 2.24) is 0 Å². The lowest BCUT2D eigenvalue weighted by Crippen LogP contribution is -2.28. The fourth-order valence-electron chi connectivity index (χ4n) is 3.47. The van der Waals surface area contributed by atoms with Crippen molar-refractivity contribution in [2.45, 2.75) is 43.9 Å². The van der Waals surface area contributed by atoms with Gasteiger partial charge >= 0.3 is 11.9 Å². The molecule has 0 heterocycles. The normalized spacial score (nSPS) is 11.2. The monoisotopic (exact) mass is 340 g/mol. The fraction of sp³-hybridized carbons (Fsp3) is 0.333. The average molecular weight is 340 g/mol. The summed E-state index contributed by atoms with van der Waals surface area (Å²) in [5.41, 5.74) is 1.85. The predicted octanol–water partition coefficient (Wildman–Crippen LogP) is 4.48. The molecule has 4 nitrogen and oxygen atoms in total. The van der Waals surface area contributed by atoms with Crippen molar-refractivity contribution in [2.24, 2.45) is 0 Å². The van der Waals surface area contributed by atoms with Gasteiger partial charge in [-0.25, -0.2) is 0 Å². The van der Waals surface area contributed by atoms with E-state index in [2.05, 4.69) is 24.3 Å². The molecular formula is C21H24O4. The van der Waals surface area contributed by atoms with Crippen molar-refractivity contribution in [2.75, 3.05) is 0 Å². The molecule has 0 fully saturated rings. The quantitative estimate of drug-likeness (QED) is 0.668. The minimum absolute atomic E-state index is 0.111. The minimum atomic E-state index is -0.805. The van der Waals surface area contributed by atoms with Crippen LogP contribution in [0.25, 0.3) is 0 Å². The first kappa shape index (κ1) is 18.7. The largest absolute Gasteiger partial charge is 0.481 e. The average Bonchev–Trinajstić information content (AvgIpc) is 2.61. The number of aliphatic carboxylic acids is 2. The Morgan fingerprint density at radius 2 is 1.04 bits per heavy atom. The highest BCUT2D eigenvalue weighted by Gasteiger charge is 2.33. The third-order valence-electron chi connectivity index (χ3n) is 4.64. The molecule has 0 aliphatic carbocycles. The van der Waals surface area contributed by atoms with Gasteiger partial charge in [-0.15, -0.1) is 0 Å². The van der Waals surface area contributed by atoms with Gasteiger partial charge in [0, 0.05) is 18.3 Å². The van der Waals surface area contributed by atoms with E-state index in [4.69, 9.17) is 10.2 Å². The van der Waals surface area contributed by atoms with Gasteiger partial charge in [0.2, 0.25) is 0 Å². The second-order valence-corrected chi connectivity index (χ2v) is 6.31. The Bertz CT molecular complexity index is 618. The summed E-state index contributed by atoms with van der Waals surface area (Å²) in [5.74, 6) is -1.61. The highest BCUT2D eigenvalue weighted by Crippen LogP contribution is 2.41. The van der Waals surface area contributed by atoms with Gasteiger partial charge < -0.3 is 10.2 Å². The summed E-state index contributed by atoms with van der Waals surface area (Å²) in [7, 11) is 0. The van der Waals surface area contributed by atoms with Crippen LogP contribution in [0.5, 0.6) is 0 Å². The molecule has 2 rings (SSSR count). The third-order valence-corrected chi connectivity index (χ3v) is 4.64. The van der Waals surface area contributed by atoms with Crippen molar-refractivity contribution in [3.05, 3.63) is 71.8 Å². The molecule has 2 N–H and O–H groups in total. The van der Waals surface area contributed by atoms with Gasteiger partial charge in [-0.05, 0) is 36.8 Å². The van der Waals surface area contributed by atoms with Gasteiger partial charge in [-0.1, -0.05) is 60.7 Å². The number of rotatable bonds is 10. The number of carbonyl (C=O) groups is 2. The first-order valence-corrected chi connectivity index (χ1v) is 8.59. The summed E-state index contributed by atoms with van der Waals surface area (Å²) in [6.45, 7) is 0. The Hall–Kier alpha value is -2.62. The molecule has 4 heteroatoms. The first-order valence-electron chi connectivity index (χ1n) is 8.59. The first-order chi connectivity index (χ1) is 12.0. The van der Waals surface area contributed by atoms with Crippen LogP contribution in [-0.2, 0) is 15.0 Å². The predicted molar refractivity (Wildman–Crippen MR) is 96.6 cm³/mol. The van der Waals surface area contributed by atoms with Crippen LogP contribution in [0.4, 0.5) is 0 Å². The molecular weight excluding hydrogens is 316 g/mol. The molecule has 0 aliphatic rings. The molecule has 0 spiro atoms. The van der Waals surface area contributed by atoms with E-state index in [0.717, 1.165) is 11.1 Å². The number of carboxylic acid groups (broad SMARTS) is 2. The Labute approximate surface area is 148 Å². The van der Waals surface area contributed by atoms with Crippen molar-refractivity contribution in [3.8, 4) is 0 Å². The highest BCUT2D eigenvalue weighted by atomic mass is 16.4. The zero-order valence-corrected chi connectivity index (χ0v) is 14.2. The van der Waals surface area contributed by atoms with Crippen LogP contribution in [0.1, 0.15) is 49.7 Å². The van der Waals surface area contributed by atoms with Crippen molar-refractivity contribution in [3.63, 3.8) is 0 Å². The lowest BCUT2D eigenvalue weighted by atomic mass is 9.68. The second-order valence-electron chi connectivity index (χ2n) is 6.31. The molecule has 0 saturated carbocycles. The molecule has 0 unspecified atom stereocenters. The van der Waals surface area contributed by atoms with E-state index in [9.17, 15) is 9.59 Å². The zero-order chi connectivity index (χ0) is 18.1. The Kier molecular flexibility index (Phi) is 6.75. The van der Waals surface area contributed by atoms with Crippen molar-refractivity contribution < 1.29 is 19.8 Å². The topological polar surface area (TPSA) is 74.6 Å². The molecule has 0 radical (unpaired) electrons. The van der Waals surface area contributed by atoms with E-state index in [1.165, 1.54) is 0 Å². The van der Waals surface area contributed by atoms with Gasteiger partial charge in [0.1, 0.15) is 0 Å². The molecule has 2 aromatic rings. The maximum absolute atomic E-state index is 11.0. The van der Waals surface area contributed by atoms with Gasteiger partial charge in [0.15, 0.2) is 0 Å². The molecule has 25 heavy (non-hydrogen) atoms. The van der Waals surface area contributed by atoms with Crippen LogP contribution in [-0.4, -0.2) is 22.2 Å². The standard InChI is InChI=1S/C21H24O4/c22-19(23)13-7-15-21(16-8-14-20(24)25,17-9-3-1-4-10-17)18-11-5-2-6-12-18/h1-6,9-12H,7-8,13-16H2,(H,22,23)(H,24,25). The van der Waals surface area contributed by atoms with Crippen LogP contribution < -0.4 is 0 Å². The summed E-state index contributed by atoms with van der Waals surface area (Å²) < 4.78 is 0. The van der Waals surface area contributed by atoms with Gasteiger partial charge in [0.05, 0.1) is 0 Å². The van der Waals surface area contributed by atoms with E-state index in [1.807, 2.05) is 36.4 Å². The van der Waals surface area contributed by atoms with Gasteiger partial charge in [0.25, 0.3) is 0 Å². The van der Waals surface area contributed by atoms with Gasteiger partial charge in [-0.3, -0.25) is 9.59 Å². The van der Waals surface area contributed by atoms with Crippen LogP contribution in [0.15, 0.2) is 60.7 Å². The maximum atomic E-state index is 11.0. The Morgan fingerprint density at radius 1 is 0.680 bits per heavy atom. The van der Waals surface area contributed by atoms with Gasteiger partial charge in [-0.2, -0.15) is 0 Å². The summed E-state index contributed by atoms with van der Waals surface area (Å²) in [6, 6.07) is 20.0. The Balaban J connectivity index is 2.40. The number of hydrogen-bond acceptors (Lipinski definition) is 2. The molecule has 0 aliphatic heterocycles. The summed E-state index contributed by atoms with van der Waals surface area (Å²) in [6.07, 6.45) is 2.67. The van der Waals surface area contributed by atoms with E-state index in [-0.39, 0.29) is 18.3 Å². The smallest absolute Gasteiger partial charge is 0.303 e. The lowest BCUT2D eigenvalue weighted by Gasteiger charge is -2.35. The van der Waals surface area contributed by atoms with Crippen LogP contribution in [0.2, 0.25) is 0 Å². The number of carboxylic acids is 2. The second kappa shape index (κ2) is 9.02. The molecule has 0 amide bonds. The summed E-state index contributed by atoms with van der Waals surface area (Å²) >= 11 is 0. The number of benzene rings is 2. The third kappa shape index (κ3) is 5.18. The van der Waals surface area contributed by atoms with Crippen LogP contribution in [0.3, 0.4) is 0 Å². The summed E-state index contributed by atoms with van der Waals surface area (Å²) in [5, 5.41) is 18.0. The number of hydrogen-bond donors (Lipinski definition) is 2. The molecule has 2 aromatic carbocycles. The summed E-state index contributed by atoms with van der Waals surface area (Å²) in [4.78, 5) is 22.0. The lowest BCUT2D eigenvalue weighted by molar-refractivity contribution is -0.138. The highest BCUT2D eigenvalue weighted by molar-refractivity contribution is 5.67. The van der Waals surface area contributed by atoms with E-state index in [0.29, 0.717) is 25.7 Å². The molecule has 0 bridgehead atoms. The molecule has 0 atom stereocenters.